The lowest BCUT2D eigenvalue weighted by atomic mass is 10.2. The lowest BCUT2D eigenvalue weighted by molar-refractivity contribution is 0.528. The predicted octanol–water partition coefficient (Wildman–Crippen LogP) is 4.16. The molecule has 3 heterocycles. The number of rotatable bonds is 3. The summed E-state index contributed by atoms with van der Waals surface area (Å²) >= 11 is 1.66. The molecule has 4 nitrogen and oxygen atoms in total. The van der Waals surface area contributed by atoms with Gasteiger partial charge >= 0.3 is 0 Å². The standard InChI is InChI=1S/C16H17N3OS/c17-12-14-16(19-9-3-1-2-4-10-19)20-15(18-14)8-7-13-6-5-11-21-13/h5-8,11H,1-4,9-10H2. The van der Waals surface area contributed by atoms with Gasteiger partial charge in [-0.1, -0.05) is 18.9 Å². The number of hydrogen-bond acceptors (Lipinski definition) is 5. The van der Waals surface area contributed by atoms with Crippen LogP contribution in [0.25, 0.3) is 12.2 Å². The molecule has 0 radical (unpaired) electrons. The third-order valence-electron chi connectivity index (χ3n) is 3.56. The van der Waals surface area contributed by atoms with Crippen LogP contribution >= 0.6 is 11.3 Å². The maximum atomic E-state index is 9.26. The second kappa shape index (κ2) is 6.59. The average molecular weight is 299 g/mol. The van der Waals surface area contributed by atoms with Gasteiger partial charge in [-0.15, -0.1) is 11.3 Å². The molecule has 2 aromatic heterocycles. The van der Waals surface area contributed by atoms with Gasteiger partial charge in [0.15, 0.2) is 0 Å². The molecule has 0 spiro atoms. The molecule has 5 heteroatoms. The SMILES string of the molecule is N#Cc1nc(C=Cc2cccs2)oc1N1CCCCCC1. The van der Waals surface area contributed by atoms with E-state index in [-0.39, 0.29) is 0 Å². The topological polar surface area (TPSA) is 53.1 Å². The molecule has 0 amide bonds. The molecule has 1 saturated heterocycles. The Hall–Kier alpha value is -2.06. The highest BCUT2D eigenvalue weighted by molar-refractivity contribution is 7.10. The molecule has 0 unspecified atom stereocenters. The third kappa shape index (κ3) is 3.34. The minimum absolute atomic E-state index is 0.391. The molecule has 2 aromatic rings. The molecule has 1 aliphatic heterocycles. The fourth-order valence-corrected chi connectivity index (χ4v) is 3.12. The Morgan fingerprint density at radius 3 is 2.71 bits per heavy atom. The first kappa shape index (κ1) is 13.9. The third-order valence-corrected chi connectivity index (χ3v) is 4.40. The van der Waals surface area contributed by atoms with E-state index in [4.69, 9.17) is 4.42 Å². The Morgan fingerprint density at radius 2 is 2.05 bits per heavy atom. The summed E-state index contributed by atoms with van der Waals surface area (Å²) in [6.07, 6.45) is 8.57. The van der Waals surface area contributed by atoms with Crippen molar-refractivity contribution in [3.05, 3.63) is 34.0 Å². The van der Waals surface area contributed by atoms with Crippen molar-refractivity contribution >= 4 is 29.4 Å². The Labute approximate surface area is 128 Å². The number of thiophene rings is 1. The molecule has 1 aliphatic rings. The van der Waals surface area contributed by atoms with E-state index in [1.54, 1.807) is 11.3 Å². The van der Waals surface area contributed by atoms with Gasteiger partial charge in [0.25, 0.3) is 0 Å². The Morgan fingerprint density at radius 1 is 1.24 bits per heavy atom. The molecule has 0 saturated carbocycles. The van der Waals surface area contributed by atoms with Crippen molar-refractivity contribution in [2.75, 3.05) is 18.0 Å². The zero-order chi connectivity index (χ0) is 14.5. The van der Waals surface area contributed by atoms with E-state index < -0.39 is 0 Å². The molecule has 0 atom stereocenters. The highest BCUT2D eigenvalue weighted by Crippen LogP contribution is 2.25. The van der Waals surface area contributed by atoms with Crippen molar-refractivity contribution in [3.63, 3.8) is 0 Å². The van der Waals surface area contributed by atoms with Crippen LogP contribution in [0.15, 0.2) is 21.9 Å². The summed E-state index contributed by atoms with van der Waals surface area (Å²) in [6.45, 7) is 1.88. The fourth-order valence-electron chi connectivity index (χ4n) is 2.50. The lowest BCUT2D eigenvalue weighted by Gasteiger charge is -2.18. The van der Waals surface area contributed by atoms with Crippen LogP contribution in [-0.4, -0.2) is 18.1 Å². The van der Waals surface area contributed by atoms with Crippen LogP contribution in [0.5, 0.6) is 0 Å². The van der Waals surface area contributed by atoms with Crippen LogP contribution in [0, 0.1) is 11.3 Å². The van der Waals surface area contributed by atoms with E-state index in [1.165, 1.54) is 12.8 Å². The van der Waals surface area contributed by atoms with Gasteiger partial charge in [0, 0.05) is 24.0 Å². The second-order valence-corrected chi connectivity index (χ2v) is 6.05. The number of nitriles is 1. The van der Waals surface area contributed by atoms with Crippen LogP contribution < -0.4 is 4.90 Å². The summed E-state index contributed by atoms with van der Waals surface area (Å²) in [6, 6.07) is 6.19. The minimum Gasteiger partial charge on any atom is -0.420 e. The van der Waals surface area contributed by atoms with Gasteiger partial charge in [-0.3, -0.25) is 0 Å². The summed E-state index contributed by atoms with van der Waals surface area (Å²) < 4.78 is 5.81. The van der Waals surface area contributed by atoms with E-state index in [0.717, 1.165) is 30.8 Å². The van der Waals surface area contributed by atoms with Gasteiger partial charge in [-0.25, -0.2) is 0 Å². The largest absolute Gasteiger partial charge is 0.420 e. The van der Waals surface area contributed by atoms with Crippen LogP contribution in [-0.2, 0) is 0 Å². The zero-order valence-corrected chi connectivity index (χ0v) is 12.6. The van der Waals surface area contributed by atoms with E-state index in [2.05, 4.69) is 16.0 Å². The summed E-state index contributed by atoms with van der Waals surface area (Å²) in [4.78, 5) is 7.58. The monoisotopic (exact) mass is 299 g/mol. The summed E-state index contributed by atoms with van der Waals surface area (Å²) in [7, 11) is 0. The van der Waals surface area contributed by atoms with Crippen molar-refractivity contribution in [2.24, 2.45) is 0 Å². The van der Waals surface area contributed by atoms with Crippen molar-refractivity contribution in [1.29, 1.82) is 5.26 Å². The van der Waals surface area contributed by atoms with Gasteiger partial charge in [0.2, 0.25) is 17.5 Å². The number of aromatic nitrogens is 1. The van der Waals surface area contributed by atoms with Crippen molar-refractivity contribution < 1.29 is 4.42 Å². The Balaban J connectivity index is 1.82. The van der Waals surface area contributed by atoms with Crippen molar-refractivity contribution in [3.8, 4) is 6.07 Å². The molecule has 0 aromatic carbocycles. The van der Waals surface area contributed by atoms with E-state index in [9.17, 15) is 5.26 Å². The zero-order valence-electron chi connectivity index (χ0n) is 11.8. The molecule has 0 N–H and O–H groups in total. The molecule has 21 heavy (non-hydrogen) atoms. The number of hydrogen-bond donors (Lipinski definition) is 0. The highest BCUT2D eigenvalue weighted by Gasteiger charge is 2.19. The van der Waals surface area contributed by atoms with E-state index in [0.29, 0.717) is 17.5 Å². The summed E-state index contributed by atoms with van der Waals surface area (Å²) in [5.41, 5.74) is 0.391. The number of anilines is 1. The first-order chi connectivity index (χ1) is 10.4. The number of oxazole rings is 1. The quantitative estimate of drug-likeness (QED) is 0.854. The first-order valence-electron chi connectivity index (χ1n) is 7.24. The molecule has 3 rings (SSSR count). The Kier molecular flexibility index (Phi) is 4.37. The second-order valence-electron chi connectivity index (χ2n) is 5.07. The van der Waals surface area contributed by atoms with Gasteiger partial charge < -0.3 is 9.32 Å². The molecule has 0 aliphatic carbocycles. The number of nitrogens with zero attached hydrogens (tertiary/aromatic N) is 3. The van der Waals surface area contributed by atoms with Gasteiger partial charge in [-0.2, -0.15) is 10.2 Å². The van der Waals surface area contributed by atoms with Crippen LogP contribution in [0.1, 0.15) is 42.1 Å². The molecular formula is C16H17N3OS. The average Bonchev–Trinajstić information content (AvgIpc) is 3.08. The lowest BCUT2D eigenvalue weighted by Crippen LogP contribution is -2.24. The van der Waals surface area contributed by atoms with Gasteiger partial charge in [0.1, 0.15) is 6.07 Å². The summed E-state index contributed by atoms with van der Waals surface area (Å²) in [5.74, 6) is 1.13. The van der Waals surface area contributed by atoms with Gasteiger partial charge in [-0.05, 0) is 30.4 Å². The highest BCUT2D eigenvalue weighted by atomic mass is 32.1. The predicted molar refractivity (Wildman–Crippen MR) is 85.1 cm³/mol. The maximum Gasteiger partial charge on any atom is 0.235 e. The summed E-state index contributed by atoms with van der Waals surface area (Å²) in [5, 5.41) is 11.3. The fraction of sp³-hybridized carbons (Fsp3) is 0.375. The van der Waals surface area contributed by atoms with E-state index in [1.807, 2.05) is 29.7 Å². The molecule has 1 fully saturated rings. The smallest absolute Gasteiger partial charge is 0.235 e. The minimum atomic E-state index is 0.391. The van der Waals surface area contributed by atoms with Crippen molar-refractivity contribution in [1.82, 2.24) is 4.98 Å². The van der Waals surface area contributed by atoms with E-state index >= 15 is 0 Å². The molecule has 108 valence electrons. The van der Waals surface area contributed by atoms with Crippen LogP contribution in [0.4, 0.5) is 5.88 Å². The molecular weight excluding hydrogens is 282 g/mol. The van der Waals surface area contributed by atoms with Gasteiger partial charge in [0.05, 0.1) is 0 Å². The maximum absolute atomic E-state index is 9.26. The Bertz CT molecular complexity index is 644. The van der Waals surface area contributed by atoms with Crippen molar-refractivity contribution in [2.45, 2.75) is 25.7 Å². The first-order valence-corrected chi connectivity index (χ1v) is 8.12. The van der Waals surface area contributed by atoms with Crippen LogP contribution in [0.3, 0.4) is 0 Å². The van der Waals surface area contributed by atoms with Crippen LogP contribution in [0.2, 0.25) is 0 Å². The molecule has 0 bridgehead atoms. The normalized spacial score (nSPS) is 16.0.